The number of benzene rings is 2. The van der Waals surface area contributed by atoms with Gasteiger partial charge in [-0.25, -0.2) is 0 Å². The highest BCUT2D eigenvalue weighted by atomic mass is 16.3. The van der Waals surface area contributed by atoms with Gasteiger partial charge in [-0.1, -0.05) is 30.3 Å². The van der Waals surface area contributed by atoms with Crippen LogP contribution in [0.25, 0.3) is 0 Å². The number of phenols is 1. The van der Waals surface area contributed by atoms with E-state index in [0.717, 1.165) is 0 Å². The fourth-order valence-corrected chi connectivity index (χ4v) is 1.37. The molecular formula is C13H10O2. The molecule has 0 saturated carbocycles. The van der Waals surface area contributed by atoms with E-state index in [-0.39, 0.29) is 11.5 Å². The molecule has 0 heterocycles. The van der Waals surface area contributed by atoms with Gasteiger partial charge in [-0.2, -0.15) is 0 Å². The largest absolute Gasteiger partial charge is 0.508 e. The Labute approximate surface area is 87.8 Å². The molecular weight excluding hydrogens is 190 g/mol. The third kappa shape index (κ3) is 2.05. The van der Waals surface area contributed by atoms with Gasteiger partial charge in [0.15, 0.2) is 5.78 Å². The maximum atomic E-state index is 11.9. The summed E-state index contributed by atoms with van der Waals surface area (Å²) in [5.74, 6) is 0.134. The molecule has 2 heteroatoms. The van der Waals surface area contributed by atoms with Crippen molar-refractivity contribution in [2.45, 2.75) is 0 Å². The molecule has 0 fully saturated rings. The first-order valence-electron chi connectivity index (χ1n) is 4.66. The molecule has 0 spiro atoms. The first-order chi connectivity index (χ1) is 7.27. The second-order valence-electron chi connectivity index (χ2n) is 3.24. The van der Waals surface area contributed by atoms with E-state index in [0.29, 0.717) is 11.1 Å². The Balaban J connectivity index is 2.33. The van der Waals surface area contributed by atoms with Crippen LogP contribution in [0, 0.1) is 0 Å². The summed E-state index contributed by atoms with van der Waals surface area (Å²) in [7, 11) is 0. The maximum Gasteiger partial charge on any atom is 0.193 e. The molecule has 74 valence electrons. The van der Waals surface area contributed by atoms with E-state index in [1.807, 2.05) is 18.2 Å². The van der Waals surface area contributed by atoms with Crippen molar-refractivity contribution < 1.29 is 9.90 Å². The molecule has 0 radical (unpaired) electrons. The van der Waals surface area contributed by atoms with E-state index in [9.17, 15) is 4.79 Å². The normalized spacial score (nSPS) is 9.87. The summed E-state index contributed by atoms with van der Waals surface area (Å²) in [5, 5.41) is 9.10. The zero-order valence-electron chi connectivity index (χ0n) is 8.05. The molecule has 2 aromatic rings. The molecule has 0 aromatic heterocycles. The molecule has 0 atom stereocenters. The molecule has 2 nitrogen and oxygen atoms in total. The van der Waals surface area contributed by atoms with E-state index in [1.54, 1.807) is 24.3 Å². The third-order valence-corrected chi connectivity index (χ3v) is 2.17. The van der Waals surface area contributed by atoms with Gasteiger partial charge in [-0.05, 0) is 24.3 Å². The Hall–Kier alpha value is -2.09. The Bertz CT molecular complexity index is 458. The lowest BCUT2D eigenvalue weighted by Gasteiger charge is -2.00. The highest BCUT2D eigenvalue weighted by molar-refractivity contribution is 6.08. The summed E-state index contributed by atoms with van der Waals surface area (Å²) in [4.78, 5) is 11.9. The molecule has 2 aromatic carbocycles. The molecule has 0 bridgehead atoms. The van der Waals surface area contributed by atoms with Crippen molar-refractivity contribution in [1.82, 2.24) is 0 Å². The van der Waals surface area contributed by atoms with Crippen molar-refractivity contribution in [3.63, 3.8) is 0 Å². The van der Waals surface area contributed by atoms with Crippen LogP contribution >= 0.6 is 0 Å². The number of aromatic hydroxyl groups is 1. The Morgan fingerprint density at radius 1 is 0.800 bits per heavy atom. The van der Waals surface area contributed by atoms with Gasteiger partial charge >= 0.3 is 0 Å². The summed E-state index contributed by atoms with van der Waals surface area (Å²) in [5.41, 5.74) is 1.24. The van der Waals surface area contributed by atoms with Crippen LogP contribution in [0.2, 0.25) is 0 Å². The summed E-state index contributed by atoms with van der Waals surface area (Å²) in [6.07, 6.45) is 0. The number of carbonyl (C=O) groups excluding carboxylic acids is 1. The minimum Gasteiger partial charge on any atom is -0.508 e. The number of hydrogen-bond acceptors (Lipinski definition) is 2. The van der Waals surface area contributed by atoms with Crippen molar-refractivity contribution in [2.75, 3.05) is 0 Å². The number of ketones is 1. The van der Waals surface area contributed by atoms with Crippen LogP contribution in [-0.2, 0) is 0 Å². The first-order valence-corrected chi connectivity index (χ1v) is 4.66. The zero-order valence-corrected chi connectivity index (χ0v) is 8.05. The second kappa shape index (κ2) is 3.96. The maximum absolute atomic E-state index is 11.9. The second-order valence-corrected chi connectivity index (χ2v) is 3.24. The van der Waals surface area contributed by atoms with Crippen LogP contribution in [0.4, 0.5) is 0 Å². The van der Waals surface area contributed by atoms with Crippen LogP contribution < -0.4 is 0 Å². The number of phenolic OH excluding ortho intramolecular Hbond substituents is 1. The molecule has 2 rings (SSSR count). The van der Waals surface area contributed by atoms with Gasteiger partial charge in [0.05, 0.1) is 0 Å². The van der Waals surface area contributed by atoms with E-state index >= 15 is 0 Å². The summed E-state index contributed by atoms with van der Waals surface area (Å²) >= 11 is 0. The Morgan fingerprint density at radius 2 is 1.33 bits per heavy atom. The summed E-state index contributed by atoms with van der Waals surface area (Å²) in [6, 6.07) is 15.3. The van der Waals surface area contributed by atoms with Crippen molar-refractivity contribution in [3.05, 3.63) is 65.7 Å². The van der Waals surface area contributed by atoms with E-state index in [2.05, 4.69) is 0 Å². The minimum atomic E-state index is -0.0319. The lowest BCUT2D eigenvalue weighted by molar-refractivity contribution is 0.103. The van der Waals surface area contributed by atoms with Crippen molar-refractivity contribution in [2.24, 2.45) is 0 Å². The predicted molar refractivity (Wildman–Crippen MR) is 58.0 cm³/mol. The van der Waals surface area contributed by atoms with Gasteiger partial charge in [0.2, 0.25) is 0 Å². The van der Waals surface area contributed by atoms with Gasteiger partial charge in [-0.3, -0.25) is 4.79 Å². The minimum absolute atomic E-state index is 0.0319. The standard InChI is InChI=1S/C13H10O2/c14-12-8-6-11(7-9-12)13(15)10-4-2-1-3-5-10/h1-9,14H/i13+2. The highest BCUT2D eigenvalue weighted by Crippen LogP contribution is 2.13. The molecule has 0 unspecified atom stereocenters. The molecule has 0 amide bonds. The van der Waals surface area contributed by atoms with Gasteiger partial charge in [-0.15, -0.1) is 0 Å². The zero-order chi connectivity index (χ0) is 10.7. The van der Waals surface area contributed by atoms with Gasteiger partial charge in [0, 0.05) is 11.1 Å². The van der Waals surface area contributed by atoms with Crippen molar-refractivity contribution in [3.8, 4) is 5.75 Å². The summed E-state index contributed by atoms with van der Waals surface area (Å²) in [6.45, 7) is 0. The SMILES string of the molecule is O=[14C](c1ccccc1)c1ccc(O)cc1. The van der Waals surface area contributed by atoms with E-state index < -0.39 is 0 Å². The number of rotatable bonds is 2. The van der Waals surface area contributed by atoms with Crippen LogP contribution in [0.3, 0.4) is 0 Å². The highest BCUT2D eigenvalue weighted by Gasteiger charge is 2.07. The van der Waals surface area contributed by atoms with Crippen LogP contribution in [0.5, 0.6) is 5.75 Å². The Morgan fingerprint density at radius 3 is 1.93 bits per heavy atom. The van der Waals surface area contributed by atoms with Crippen LogP contribution in [-0.4, -0.2) is 10.9 Å². The van der Waals surface area contributed by atoms with Crippen LogP contribution in [0.1, 0.15) is 15.9 Å². The predicted octanol–water partition coefficient (Wildman–Crippen LogP) is 2.62. The molecule has 0 aliphatic heterocycles. The molecule has 0 saturated heterocycles. The van der Waals surface area contributed by atoms with Gasteiger partial charge < -0.3 is 5.11 Å². The Kier molecular flexibility index (Phi) is 2.50. The molecule has 15 heavy (non-hydrogen) atoms. The molecule has 0 aliphatic rings. The molecule has 0 aliphatic carbocycles. The third-order valence-electron chi connectivity index (χ3n) is 2.17. The van der Waals surface area contributed by atoms with Crippen LogP contribution in [0.15, 0.2) is 54.6 Å². The quantitative estimate of drug-likeness (QED) is 0.756. The average Bonchev–Trinajstić information content (AvgIpc) is 2.30. The van der Waals surface area contributed by atoms with Gasteiger partial charge in [0.25, 0.3) is 0 Å². The fraction of sp³-hybridized carbons (Fsp3) is 0. The number of carbonyl (C=O) groups is 1. The van der Waals surface area contributed by atoms with Gasteiger partial charge in [0.1, 0.15) is 5.75 Å². The van der Waals surface area contributed by atoms with Crippen molar-refractivity contribution in [1.29, 1.82) is 0 Å². The summed E-state index contributed by atoms with van der Waals surface area (Å²) < 4.78 is 0. The lowest BCUT2D eigenvalue weighted by atomic mass is 10.2. The topological polar surface area (TPSA) is 37.3 Å². The first kappa shape index (κ1) is 9.46. The molecule has 1 N–H and O–H groups in total. The fourth-order valence-electron chi connectivity index (χ4n) is 1.37. The smallest absolute Gasteiger partial charge is 0.193 e. The van der Waals surface area contributed by atoms with E-state index in [4.69, 9.17) is 5.11 Å². The van der Waals surface area contributed by atoms with Crippen molar-refractivity contribution >= 4 is 5.78 Å². The monoisotopic (exact) mass is 200 g/mol. The average molecular weight is 200 g/mol. The lowest BCUT2D eigenvalue weighted by Crippen LogP contribution is -1.99. The number of hydrogen-bond donors (Lipinski definition) is 1. The van der Waals surface area contributed by atoms with E-state index in [1.165, 1.54) is 12.1 Å².